The van der Waals surface area contributed by atoms with Gasteiger partial charge < -0.3 is 10.4 Å². The lowest BCUT2D eigenvalue weighted by Gasteiger charge is -2.14. The first kappa shape index (κ1) is 15.6. The van der Waals surface area contributed by atoms with Crippen molar-refractivity contribution in [1.29, 1.82) is 0 Å². The van der Waals surface area contributed by atoms with Gasteiger partial charge in [-0.15, -0.1) is 0 Å². The minimum atomic E-state index is -0.519. The minimum Gasteiger partial charge on any atom is -0.395 e. The lowest BCUT2D eigenvalue weighted by atomic mass is 10.3. The molecule has 0 atom stereocenters. The molecule has 0 saturated heterocycles. The van der Waals surface area contributed by atoms with Gasteiger partial charge in [0.1, 0.15) is 5.70 Å². The van der Waals surface area contributed by atoms with Crippen LogP contribution in [0.1, 0.15) is 0 Å². The summed E-state index contributed by atoms with van der Waals surface area (Å²) < 4.78 is 0.855. The number of hydrogen-bond donors (Lipinski definition) is 2. The summed E-state index contributed by atoms with van der Waals surface area (Å²) in [7, 11) is 0. The van der Waals surface area contributed by atoms with E-state index in [9.17, 15) is 9.59 Å². The molecule has 2 rings (SSSR count). The highest BCUT2D eigenvalue weighted by molar-refractivity contribution is 14.1. The molecule has 0 spiro atoms. The molecule has 5 nitrogen and oxygen atoms in total. The van der Waals surface area contributed by atoms with Crippen LogP contribution in [0.3, 0.4) is 0 Å². The van der Waals surface area contributed by atoms with Crippen LogP contribution in [0.25, 0.3) is 0 Å². The van der Waals surface area contributed by atoms with Crippen molar-refractivity contribution >= 4 is 63.3 Å². The summed E-state index contributed by atoms with van der Waals surface area (Å²) in [5.41, 5.74) is 0.445. The maximum atomic E-state index is 12.0. The van der Waals surface area contributed by atoms with Crippen LogP contribution in [0.5, 0.6) is 0 Å². The Balaban J connectivity index is 2.26. The third-order valence-corrected chi connectivity index (χ3v) is 3.82. The van der Waals surface area contributed by atoms with E-state index in [-0.39, 0.29) is 18.8 Å². The number of halogens is 3. The maximum Gasteiger partial charge on any atom is 0.277 e. The lowest BCUT2D eigenvalue weighted by Crippen LogP contribution is -2.34. The molecule has 0 unspecified atom stereocenters. The first-order valence-corrected chi connectivity index (χ1v) is 7.37. The summed E-state index contributed by atoms with van der Waals surface area (Å²) in [5.74, 6) is -1.00. The molecule has 1 aliphatic rings. The second-order valence-electron chi connectivity index (χ2n) is 3.95. The Labute approximate surface area is 138 Å². The molecule has 0 radical (unpaired) electrons. The molecule has 1 aromatic carbocycles. The van der Waals surface area contributed by atoms with E-state index in [0.29, 0.717) is 15.7 Å². The van der Waals surface area contributed by atoms with Crippen molar-refractivity contribution in [3.05, 3.63) is 37.5 Å². The van der Waals surface area contributed by atoms with Gasteiger partial charge in [-0.2, -0.15) is 0 Å². The number of aliphatic hydroxyl groups excluding tert-OH is 1. The van der Waals surface area contributed by atoms with Gasteiger partial charge in [0.2, 0.25) is 0 Å². The quantitative estimate of drug-likeness (QED) is 0.572. The predicted octanol–water partition coefficient (Wildman–Crippen LogP) is 2.25. The van der Waals surface area contributed by atoms with E-state index in [2.05, 4.69) is 27.9 Å². The van der Waals surface area contributed by atoms with Gasteiger partial charge in [0.05, 0.1) is 28.9 Å². The van der Waals surface area contributed by atoms with Crippen molar-refractivity contribution in [3.63, 3.8) is 0 Å². The van der Waals surface area contributed by atoms with Crippen LogP contribution in [0.2, 0.25) is 10.0 Å². The summed E-state index contributed by atoms with van der Waals surface area (Å²) in [6, 6.07) is 3.37. The zero-order valence-corrected chi connectivity index (χ0v) is 13.7. The summed E-state index contributed by atoms with van der Waals surface area (Å²) in [5, 5.41) is 12.3. The Morgan fingerprint density at radius 2 is 1.85 bits per heavy atom. The second kappa shape index (κ2) is 6.30. The van der Waals surface area contributed by atoms with Crippen LogP contribution in [0.15, 0.2) is 23.9 Å². The Morgan fingerprint density at radius 1 is 1.25 bits per heavy atom. The summed E-state index contributed by atoms with van der Waals surface area (Å²) >= 11 is 14.2. The van der Waals surface area contributed by atoms with Crippen LogP contribution >= 0.6 is 45.8 Å². The number of nitrogens with zero attached hydrogens (tertiary/aromatic N) is 1. The van der Waals surface area contributed by atoms with Crippen molar-refractivity contribution in [3.8, 4) is 0 Å². The summed E-state index contributed by atoms with van der Waals surface area (Å²) in [4.78, 5) is 24.5. The topological polar surface area (TPSA) is 69.6 Å². The van der Waals surface area contributed by atoms with Crippen LogP contribution in [-0.4, -0.2) is 35.0 Å². The van der Waals surface area contributed by atoms with Crippen LogP contribution in [0.4, 0.5) is 5.69 Å². The fourth-order valence-electron chi connectivity index (χ4n) is 1.71. The Kier molecular flexibility index (Phi) is 4.90. The molecule has 0 aliphatic carbocycles. The van der Waals surface area contributed by atoms with E-state index < -0.39 is 11.8 Å². The van der Waals surface area contributed by atoms with Gasteiger partial charge in [0.25, 0.3) is 11.8 Å². The van der Waals surface area contributed by atoms with Gasteiger partial charge in [-0.1, -0.05) is 23.2 Å². The van der Waals surface area contributed by atoms with E-state index in [1.165, 1.54) is 0 Å². The molecular formula is C12H9Cl2IN2O3. The summed E-state index contributed by atoms with van der Waals surface area (Å²) in [6.45, 7) is -0.336. The van der Waals surface area contributed by atoms with Gasteiger partial charge in [-0.05, 0) is 34.7 Å². The van der Waals surface area contributed by atoms with Crippen LogP contribution in [0, 0.1) is 3.57 Å². The fourth-order valence-corrected chi connectivity index (χ4v) is 3.28. The number of hydrogen-bond acceptors (Lipinski definition) is 4. The molecule has 1 aromatic rings. The van der Waals surface area contributed by atoms with E-state index >= 15 is 0 Å². The van der Waals surface area contributed by atoms with Gasteiger partial charge in [-0.3, -0.25) is 14.5 Å². The van der Waals surface area contributed by atoms with Crippen molar-refractivity contribution < 1.29 is 14.7 Å². The Morgan fingerprint density at radius 3 is 2.40 bits per heavy atom. The number of carbonyl (C=O) groups is 2. The van der Waals surface area contributed by atoms with E-state index in [1.54, 1.807) is 12.1 Å². The van der Waals surface area contributed by atoms with E-state index in [1.807, 2.05) is 0 Å². The highest BCUT2D eigenvalue weighted by Crippen LogP contribution is 2.34. The second-order valence-corrected chi connectivity index (χ2v) is 6.01. The third kappa shape index (κ3) is 3.08. The number of anilines is 1. The standard InChI is InChI=1S/C12H9Cl2IN2O3/c13-7-3-6(15)4-8(14)11(7)16-9-5-10(19)17(1-2-18)12(9)20/h3-5,16,18H,1-2H2. The van der Waals surface area contributed by atoms with Crippen molar-refractivity contribution in [2.75, 3.05) is 18.5 Å². The first-order valence-electron chi connectivity index (χ1n) is 5.54. The normalized spacial score (nSPS) is 14.8. The van der Waals surface area contributed by atoms with Crippen molar-refractivity contribution in [1.82, 2.24) is 4.90 Å². The average molecular weight is 427 g/mol. The fraction of sp³-hybridized carbons (Fsp3) is 0.167. The van der Waals surface area contributed by atoms with Crippen molar-refractivity contribution in [2.45, 2.75) is 0 Å². The molecule has 2 amide bonds. The number of imide groups is 1. The van der Waals surface area contributed by atoms with E-state index in [4.69, 9.17) is 28.3 Å². The number of nitrogens with one attached hydrogen (secondary N) is 1. The molecule has 0 saturated carbocycles. The molecule has 2 N–H and O–H groups in total. The predicted molar refractivity (Wildman–Crippen MR) is 84.7 cm³/mol. The zero-order chi connectivity index (χ0) is 14.9. The number of benzene rings is 1. The monoisotopic (exact) mass is 426 g/mol. The average Bonchev–Trinajstić information content (AvgIpc) is 2.62. The Hall–Kier alpha value is -0.830. The Bertz CT molecular complexity index is 596. The van der Waals surface area contributed by atoms with Gasteiger partial charge in [0, 0.05) is 9.65 Å². The molecule has 20 heavy (non-hydrogen) atoms. The van der Waals surface area contributed by atoms with Crippen LogP contribution in [-0.2, 0) is 9.59 Å². The number of aliphatic hydroxyl groups is 1. The highest BCUT2D eigenvalue weighted by Gasteiger charge is 2.31. The lowest BCUT2D eigenvalue weighted by molar-refractivity contribution is -0.137. The molecule has 1 aliphatic heterocycles. The third-order valence-electron chi connectivity index (χ3n) is 2.60. The van der Waals surface area contributed by atoms with Gasteiger partial charge in [0.15, 0.2) is 0 Å². The molecule has 106 valence electrons. The number of amides is 2. The van der Waals surface area contributed by atoms with Gasteiger partial charge >= 0.3 is 0 Å². The zero-order valence-electron chi connectivity index (χ0n) is 9.99. The largest absolute Gasteiger partial charge is 0.395 e. The highest BCUT2D eigenvalue weighted by atomic mass is 127. The molecule has 0 fully saturated rings. The maximum absolute atomic E-state index is 12.0. The molecule has 0 aromatic heterocycles. The van der Waals surface area contributed by atoms with Crippen molar-refractivity contribution in [2.24, 2.45) is 0 Å². The van der Waals surface area contributed by atoms with Crippen LogP contribution < -0.4 is 5.32 Å². The number of rotatable bonds is 4. The number of carbonyl (C=O) groups excluding carboxylic acids is 2. The van der Waals surface area contributed by atoms with E-state index in [0.717, 1.165) is 14.5 Å². The molecule has 8 heteroatoms. The SMILES string of the molecule is O=C1C=C(Nc2c(Cl)cc(I)cc2Cl)C(=O)N1CCO. The van der Waals surface area contributed by atoms with Gasteiger partial charge in [-0.25, -0.2) is 0 Å². The number of β-amino-alcohol motifs (C(OH)–C–C–N with tert-alkyl or cyclic N) is 1. The smallest absolute Gasteiger partial charge is 0.277 e. The summed E-state index contributed by atoms with van der Waals surface area (Å²) in [6.07, 6.45) is 1.16. The molecular weight excluding hydrogens is 418 g/mol. The molecule has 0 bridgehead atoms. The minimum absolute atomic E-state index is 0.0481. The first-order chi connectivity index (χ1) is 9.43. The molecule has 1 heterocycles.